The molecule has 1 rings (SSSR count). The topological polar surface area (TPSA) is 67.4 Å². The second-order valence-corrected chi connectivity index (χ2v) is 4.69. The Morgan fingerprint density at radius 3 is 2.50 bits per heavy atom. The molecule has 0 aliphatic heterocycles. The summed E-state index contributed by atoms with van der Waals surface area (Å²) in [5.74, 6) is -0.0701. The molecule has 0 aromatic heterocycles. The van der Waals surface area contributed by atoms with Crippen molar-refractivity contribution >= 4 is 17.5 Å². The Morgan fingerprint density at radius 2 is 1.95 bits per heavy atom. The van der Waals surface area contributed by atoms with Gasteiger partial charge in [0, 0.05) is 11.3 Å². The number of hydrogen-bond donors (Lipinski definition) is 2. The zero-order valence-corrected chi connectivity index (χ0v) is 11.8. The Balaban J connectivity index is 2.45. The molecule has 0 saturated heterocycles. The van der Waals surface area contributed by atoms with Crippen molar-refractivity contribution in [3.8, 4) is 0 Å². The molecule has 0 bridgehead atoms. The van der Waals surface area contributed by atoms with Gasteiger partial charge in [0.1, 0.15) is 6.73 Å². The van der Waals surface area contributed by atoms with Crippen LogP contribution in [0.1, 0.15) is 24.2 Å². The highest BCUT2D eigenvalue weighted by molar-refractivity contribution is 5.99. The monoisotopic (exact) mass is 276 g/mol. The van der Waals surface area contributed by atoms with Gasteiger partial charge in [0.2, 0.25) is 5.91 Å². The molecule has 0 atom stereocenters. The fourth-order valence-corrected chi connectivity index (χ4v) is 1.41. The molecule has 0 spiro atoms. The SMILES string of the molecule is C=CC(=O)Nc1ccc(C(=O)NCOCC(C)C)cc1. The van der Waals surface area contributed by atoms with E-state index in [0.29, 0.717) is 23.8 Å². The summed E-state index contributed by atoms with van der Waals surface area (Å²) in [6.45, 7) is 8.24. The summed E-state index contributed by atoms with van der Waals surface area (Å²) in [6, 6.07) is 6.59. The molecule has 0 unspecified atom stereocenters. The van der Waals surface area contributed by atoms with Crippen molar-refractivity contribution in [2.24, 2.45) is 5.92 Å². The first-order valence-electron chi connectivity index (χ1n) is 6.42. The van der Waals surface area contributed by atoms with Gasteiger partial charge in [-0.25, -0.2) is 0 Å². The van der Waals surface area contributed by atoms with Crippen molar-refractivity contribution in [1.29, 1.82) is 0 Å². The Hall–Kier alpha value is -2.14. The van der Waals surface area contributed by atoms with Crippen LogP contribution in [-0.4, -0.2) is 25.2 Å². The number of ether oxygens (including phenoxy) is 1. The van der Waals surface area contributed by atoms with Crippen LogP contribution < -0.4 is 10.6 Å². The maximum Gasteiger partial charge on any atom is 0.253 e. The minimum absolute atomic E-state index is 0.186. The maximum absolute atomic E-state index is 11.8. The molecule has 20 heavy (non-hydrogen) atoms. The van der Waals surface area contributed by atoms with Gasteiger partial charge in [0.25, 0.3) is 5.91 Å². The Morgan fingerprint density at radius 1 is 1.30 bits per heavy atom. The lowest BCUT2D eigenvalue weighted by Crippen LogP contribution is -2.26. The summed E-state index contributed by atoms with van der Waals surface area (Å²) in [7, 11) is 0. The second-order valence-electron chi connectivity index (χ2n) is 4.69. The smallest absolute Gasteiger partial charge is 0.253 e. The van der Waals surface area contributed by atoms with Crippen LogP contribution in [0.3, 0.4) is 0 Å². The largest absolute Gasteiger partial charge is 0.361 e. The van der Waals surface area contributed by atoms with E-state index in [0.717, 1.165) is 0 Å². The average Bonchev–Trinajstić information content (AvgIpc) is 2.43. The summed E-state index contributed by atoms with van der Waals surface area (Å²) < 4.78 is 5.28. The number of carbonyl (C=O) groups is 2. The summed E-state index contributed by atoms with van der Waals surface area (Å²) >= 11 is 0. The number of anilines is 1. The van der Waals surface area contributed by atoms with Gasteiger partial charge < -0.3 is 15.4 Å². The minimum Gasteiger partial charge on any atom is -0.361 e. The van der Waals surface area contributed by atoms with E-state index >= 15 is 0 Å². The van der Waals surface area contributed by atoms with Gasteiger partial charge in [-0.05, 0) is 36.3 Å². The molecule has 1 aromatic carbocycles. The van der Waals surface area contributed by atoms with Crippen LogP contribution in [0.25, 0.3) is 0 Å². The lowest BCUT2D eigenvalue weighted by atomic mass is 10.2. The minimum atomic E-state index is -0.288. The summed E-state index contributed by atoms with van der Waals surface area (Å²) in [5, 5.41) is 5.27. The van der Waals surface area contributed by atoms with E-state index in [2.05, 4.69) is 17.2 Å². The molecule has 5 nitrogen and oxygen atoms in total. The number of hydrogen-bond acceptors (Lipinski definition) is 3. The molecule has 0 aliphatic rings. The first kappa shape index (κ1) is 15.9. The van der Waals surface area contributed by atoms with E-state index in [1.165, 1.54) is 6.08 Å². The average molecular weight is 276 g/mol. The summed E-state index contributed by atoms with van der Waals surface area (Å²) in [5.41, 5.74) is 1.12. The number of carbonyl (C=O) groups excluding carboxylic acids is 2. The first-order chi connectivity index (χ1) is 9.52. The standard InChI is InChI=1S/C15H20N2O3/c1-4-14(18)17-13-7-5-12(6-8-13)15(19)16-10-20-9-11(2)3/h4-8,11H,1,9-10H2,2-3H3,(H,16,19)(H,17,18). The van der Waals surface area contributed by atoms with Crippen molar-refractivity contribution in [1.82, 2.24) is 5.32 Å². The third-order valence-corrected chi connectivity index (χ3v) is 2.39. The molecule has 0 fully saturated rings. The summed E-state index contributed by atoms with van der Waals surface area (Å²) in [6.07, 6.45) is 1.19. The third-order valence-electron chi connectivity index (χ3n) is 2.39. The zero-order valence-electron chi connectivity index (χ0n) is 11.8. The molecule has 0 saturated carbocycles. The van der Waals surface area contributed by atoms with Gasteiger partial charge >= 0.3 is 0 Å². The van der Waals surface area contributed by atoms with E-state index in [4.69, 9.17) is 4.74 Å². The normalized spacial score (nSPS) is 10.2. The van der Waals surface area contributed by atoms with Crippen LogP contribution in [0, 0.1) is 5.92 Å². The van der Waals surface area contributed by atoms with E-state index in [1.54, 1.807) is 24.3 Å². The van der Waals surface area contributed by atoms with Gasteiger partial charge in [-0.15, -0.1) is 0 Å². The number of amides is 2. The van der Waals surface area contributed by atoms with Crippen LogP contribution in [0.2, 0.25) is 0 Å². The van der Waals surface area contributed by atoms with Crippen LogP contribution in [0.4, 0.5) is 5.69 Å². The number of benzene rings is 1. The molecule has 0 radical (unpaired) electrons. The molecular weight excluding hydrogens is 256 g/mol. The molecular formula is C15H20N2O3. The highest BCUT2D eigenvalue weighted by atomic mass is 16.5. The fraction of sp³-hybridized carbons (Fsp3) is 0.333. The zero-order chi connectivity index (χ0) is 15.0. The third kappa shape index (κ3) is 5.67. The molecule has 108 valence electrons. The Bertz CT molecular complexity index is 467. The van der Waals surface area contributed by atoms with Gasteiger partial charge in [0.15, 0.2) is 0 Å². The van der Waals surface area contributed by atoms with Gasteiger partial charge in [0.05, 0.1) is 6.61 Å². The van der Waals surface area contributed by atoms with Crippen LogP contribution in [0.5, 0.6) is 0 Å². The molecule has 5 heteroatoms. The number of nitrogens with one attached hydrogen (secondary N) is 2. The Kier molecular flexibility index (Phi) is 6.46. The van der Waals surface area contributed by atoms with Gasteiger partial charge in [-0.1, -0.05) is 20.4 Å². The fourth-order valence-electron chi connectivity index (χ4n) is 1.41. The molecule has 0 heterocycles. The van der Waals surface area contributed by atoms with Crippen molar-refractivity contribution in [3.63, 3.8) is 0 Å². The van der Waals surface area contributed by atoms with Crippen LogP contribution in [0.15, 0.2) is 36.9 Å². The van der Waals surface area contributed by atoms with E-state index in [1.807, 2.05) is 13.8 Å². The van der Waals surface area contributed by atoms with Gasteiger partial charge in [-0.3, -0.25) is 9.59 Å². The highest BCUT2D eigenvalue weighted by Crippen LogP contribution is 2.09. The van der Waals surface area contributed by atoms with Crippen molar-refractivity contribution in [2.75, 3.05) is 18.7 Å². The lowest BCUT2D eigenvalue weighted by molar-refractivity contribution is -0.111. The summed E-state index contributed by atoms with van der Waals surface area (Å²) in [4.78, 5) is 22.9. The molecule has 0 aliphatic carbocycles. The molecule has 2 N–H and O–H groups in total. The van der Waals surface area contributed by atoms with Crippen molar-refractivity contribution < 1.29 is 14.3 Å². The van der Waals surface area contributed by atoms with Crippen molar-refractivity contribution in [2.45, 2.75) is 13.8 Å². The Labute approximate surface area is 119 Å². The molecule has 2 amide bonds. The van der Waals surface area contributed by atoms with Crippen LogP contribution in [-0.2, 0) is 9.53 Å². The van der Waals surface area contributed by atoms with E-state index in [9.17, 15) is 9.59 Å². The van der Waals surface area contributed by atoms with Gasteiger partial charge in [-0.2, -0.15) is 0 Å². The first-order valence-corrected chi connectivity index (χ1v) is 6.42. The maximum atomic E-state index is 11.8. The lowest BCUT2D eigenvalue weighted by Gasteiger charge is -2.09. The quantitative estimate of drug-likeness (QED) is 0.455. The van der Waals surface area contributed by atoms with Crippen LogP contribution >= 0.6 is 0 Å². The second kappa shape index (κ2) is 8.12. The van der Waals surface area contributed by atoms with E-state index < -0.39 is 0 Å². The van der Waals surface area contributed by atoms with E-state index in [-0.39, 0.29) is 18.5 Å². The predicted octanol–water partition coefficient (Wildman–Crippen LogP) is 2.17. The van der Waals surface area contributed by atoms with Crippen molar-refractivity contribution in [3.05, 3.63) is 42.5 Å². The predicted molar refractivity (Wildman–Crippen MR) is 78.4 cm³/mol. The number of rotatable bonds is 7. The molecule has 1 aromatic rings. The highest BCUT2D eigenvalue weighted by Gasteiger charge is 2.05.